The van der Waals surface area contributed by atoms with Gasteiger partial charge in [0.25, 0.3) is 0 Å². The Kier molecular flexibility index (Phi) is 21.6. The van der Waals surface area contributed by atoms with Gasteiger partial charge in [-0.15, -0.1) is 11.8 Å². The van der Waals surface area contributed by atoms with Crippen LogP contribution < -0.4 is 5.73 Å². The highest BCUT2D eigenvalue weighted by Gasteiger charge is 2.34. The molecule has 0 bridgehead atoms. The van der Waals surface area contributed by atoms with Gasteiger partial charge in [-0.1, -0.05) is 96.6 Å². The summed E-state index contributed by atoms with van der Waals surface area (Å²) < 4.78 is 13.2. The molecule has 4 atom stereocenters. The average Bonchev–Trinajstić information content (AvgIpc) is 4.17. The van der Waals surface area contributed by atoms with Crippen molar-refractivity contribution in [2.75, 3.05) is 25.1 Å². The fraction of sp³-hybridized carbons (Fsp3) is 0.640. The number of nitrogen functional groups attached to an aromatic ring is 1. The van der Waals surface area contributed by atoms with Crippen LogP contribution in [0.3, 0.4) is 0 Å². The van der Waals surface area contributed by atoms with Crippen LogP contribution >= 0.6 is 23.4 Å². The molecule has 0 amide bonds. The van der Waals surface area contributed by atoms with Gasteiger partial charge in [-0.2, -0.15) is 5.10 Å². The number of halogens is 1. The fourth-order valence-corrected chi connectivity index (χ4v) is 9.51. The van der Waals surface area contributed by atoms with Gasteiger partial charge < -0.3 is 20.2 Å². The van der Waals surface area contributed by atoms with Gasteiger partial charge in [0, 0.05) is 35.7 Å². The molecule has 1 fully saturated rings. The number of Topliss-reactive ketones (excluding diaryl/α,β-unsaturated/α-hetero) is 2. The molecular weight excluding hydrogens is 886 g/mol. The van der Waals surface area contributed by atoms with Gasteiger partial charge in [0.05, 0.1) is 28.6 Å². The molecule has 17 heteroatoms. The van der Waals surface area contributed by atoms with Gasteiger partial charge in [0.2, 0.25) is 11.5 Å². The normalized spacial score (nSPS) is 15.9. The predicted molar refractivity (Wildman–Crippen MR) is 272 cm³/mol. The number of likely N-dealkylation sites (tertiary alicyclic amines) is 1. The third kappa shape index (κ3) is 12.8. The van der Waals surface area contributed by atoms with Crippen LogP contribution in [0.5, 0.6) is 0 Å². The summed E-state index contributed by atoms with van der Waals surface area (Å²) >= 11 is 8.13. The smallest absolute Gasteiger partial charge is 0.206 e. The number of aromatic nitrogens is 8. The van der Waals surface area contributed by atoms with Crippen LogP contribution in [0.4, 0.5) is 5.82 Å². The molecule has 3 N–H and O–H groups in total. The molecule has 1 aliphatic carbocycles. The summed E-state index contributed by atoms with van der Waals surface area (Å²) in [7, 11) is 0. The van der Waals surface area contributed by atoms with Crippen molar-refractivity contribution < 1.29 is 18.6 Å². The van der Waals surface area contributed by atoms with E-state index in [9.17, 15) is 9.59 Å². The minimum absolute atomic E-state index is 0.0182. The Morgan fingerprint density at radius 1 is 0.910 bits per heavy atom. The predicted octanol–water partition coefficient (Wildman–Crippen LogP) is 12.5. The Bertz CT molecular complexity index is 2420. The van der Waals surface area contributed by atoms with Gasteiger partial charge in [0.15, 0.2) is 34.4 Å². The van der Waals surface area contributed by atoms with Crippen molar-refractivity contribution in [1.82, 2.24) is 44.9 Å². The second-order valence-electron chi connectivity index (χ2n) is 17.2. The lowest BCUT2D eigenvalue weighted by Crippen LogP contribution is -2.36. The average molecular weight is 963 g/mol. The van der Waals surface area contributed by atoms with Crippen LogP contribution in [0.25, 0.3) is 34.1 Å². The number of thioether (sulfide) groups is 1. The van der Waals surface area contributed by atoms with E-state index in [2.05, 4.69) is 71.7 Å². The first kappa shape index (κ1) is 55.1. The standard InChI is InChI=1S/C27H39ClN6O2.C19H25N5O2S.2C2H6/c1-7-9-12-20-23(32-36-24(20)21(35)15-16(3)8-2)26-29-25(28)22-17(4)31-34(27(22)30-26)19(6)18(5)33-13-10-11-14-33;1-4-5-9-13(25)11-7-6-8-12-15(24-26-16(11)12)18-22-17(21)14(10(2)20)19(23-18)27-3;2*1-2/h16,18-19H,7-15H2,1-6H3;11,20H,4-9H2,1-3H3,(H2,21,22,23);2*1-2H3/t16?,18?,19-;;;/m0.../s1. The highest BCUT2D eigenvalue weighted by atomic mass is 35.5. The minimum Gasteiger partial charge on any atom is -0.383 e. The Labute approximate surface area is 407 Å². The number of hydrogen-bond donors (Lipinski definition) is 2. The van der Waals surface area contributed by atoms with Crippen LogP contribution in [-0.4, -0.2) is 87.6 Å². The molecule has 0 saturated carbocycles. The molecule has 1 aliphatic heterocycles. The molecule has 0 spiro atoms. The molecule has 2 aliphatic rings. The molecule has 1 saturated heterocycles. The van der Waals surface area contributed by atoms with Crippen molar-refractivity contribution in [2.45, 2.75) is 190 Å². The summed E-state index contributed by atoms with van der Waals surface area (Å²) in [5.74, 6) is 2.30. The first-order valence-electron chi connectivity index (χ1n) is 24.7. The van der Waals surface area contributed by atoms with E-state index >= 15 is 0 Å². The SMILES string of the molecule is CC.CC.CCCCC(=O)C1CCCc2c(-c3nc(N)c(C(C)=N)c(SC)n3)noc21.CCCCc1c(-c2nc(Cl)c3c(C)nn([C@@H](C)C(C)N4CCCC4)c3n2)noc1C(=O)CC(C)CC. The van der Waals surface area contributed by atoms with Crippen molar-refractivity contribution in [3.8, 4) is 23.0 Å². The van der Waals surface area contributed by atoms with E-state index in [4.69, 9.17) is 41.9 Å². The number of nitrogens with two attached hydrogens (primary N) is 1. The summed E-state index contributed by atoms with van der Waals surface area (Å²) in [5, 5.41) is 23.0. The Hall–Kier alpha value is -4.54. The van der Waals surface area contributed by atoms with Crippen molar-refractivity contribution in [3.63, 3.8) is 0 Å². The van der Waals surface area contributed by atoms with Gasteiger partial charge >= 0.3 is 0 Å². The Balaban J connectivity index is 0.000000282. The Morgan fingerprint density at radius 3 is 2.19 bits per heavy atom. The van der Waals surface area contributed by atoms with Crippen LogP contribution in [0, 0.1) is 18.3 Å². The van der Waals surface area contributed by atoms with Crippen molar-refractivity contribution in [3.05, 3.63) is 39.1 Å². The number of carbonyl (C=O) groups excluding carboxylic acids is 2. The largest absolute Gasteiger partial charge is 0.383 e. The number of rotatable bonds is 18. The fourth-order valence-electron chi connectivity index (χ4n) is 8.57. The monoisotopic (exact) mass is 962 g/mol. The van der Waals surface area contributed by atoms with E-state index < -0.39 is 0 Å². The second-order valence-corrected chi connectivity index (χ2v) is 18.4. The lowest BCUT2D eigenvalue weighted by molar-refractivity contribution is -0.121. The van der Waals surface area contributed by atoms with E-state index in [0.29, 0.717) is 87.0 Å². The number of nitrogens with zero attached hydrogens (tertiary/aromatic N) is 9. The van der Waals surface area contributed by atoms with E-state index in [1.54, 1.807) is 6.92 Å². The van der Waals surface area contributed by atoms with Crippen molar-refractivity contribution in [2.24, 2.45) is 5.92 Å². The van der Waals surface area contributed by atoms with Gasteiger partial charge in [-0.3, -0.25) is 14.5 Å². The first-order valence-corrected chi connectivity index (χ1v) is 26.3. The third-order valence-electron chi connectivity index (χ3n) is 12.7. The quantitative estimate of drug-likeness (QED) is 0.0362. The van der Waals surface area contributed by atoms with Crippen LogP contribution in [0.15, 0.2) is 14.1 Å². The number of unbranched alkanes of at least 4 members (excludes halogenated alkanes) is 2. The molecule has 5 aromatic rings. The molecule has 0 aromatic carbocycles. The van der Waals surface area contributed by atoms with E-state index in [1.165, 1.54) is 24.6 Å². The number of ketones is 2. The molecule has 5 aromatic heterocycles. The van der Waals surface area contributed by atoms with E-state index in [-0.39, 0.29) is 35.3 Å². The maximum absolute atomic E-state index is 13.1. The molecule has 0 radical (unpaired) electrons. The van der Waals surface area contributed by atoms with E-state index in [1.807, 2.05) is 45.6 Å². The topological polar surface area (TPSA) is 209 Å². The summed E-state index contributed by atoms with van der Waals surface area (Å²) in [6.45, 7) is 26.6. The highest BCUT2D eigenvalue weighted by Crippen LogP contribution is 2.39. The molecule has 3 unspecified atom stereocenters. The minimum atomic E-state index is -0.220. The number of aryl methyl sites for hydroxylation is 1. The molecular formula is C50H76ClN11O4S. The number of fused-ring (bicyclic) bond motifs is 2. The summed E-state index contributed by atoms with van der Waals surface area (Å²) in [6.07, 6.45) is 13.3. The number of anilines is 1. The van der Waals surface area contributed by atoms with Gasteiger partial charge in [0.1, 0.15) is 21.8 Å². The third-order valence-corrected chi connectivity index (χ3v) is 13.6. The van der Waals surface area contributed by atoms with Crippen LogP contribution in [0.1, 0.15) is 197 Å². The molecule has 368 valence electrons. The van der Waals surface area contributed by atoms with Crippen LogP contribution in [-0.2, 0) is 17.6 Å². The van der Waals surface area contributed by atoms with Gasteiger partial charge in [-0.05, 0) is 104 Å². The first-order chi connectivity index (χ1) is 32.2. The van der Waals surface area contributed by atoms with Gasteiger partial charge in [-0.25, -0.2) is 24.6 Å². The highest BCUT2D eigenvalue weighted by molar-refractivity contribution is 7.98. The zero-order valence-electron chi connectivity index (χ0n) is 42.4. The number of nitrogens with one attached hydrogen (secondary N) is 1. The number of carbonyl (C=O) groups is 2. The maximum atomic E-state index is 13.1. The molecule has 15 nitrogen and oxygen atoms in total. The zero-order chi connectivity index (χ0) is 49.5. The summed E-state index contributed by atoms with van der Waals surface area (Å²) in [4.78, 5) is 46.6. The summed E-state index contributed by atoms with van der Waals surface area (Å²) in [5.41, 5.74) is 11.2. The second kappa shape index (κ2) is 26.3. The maximum Gasteiger partial charge on any atom is 0.206 e. The number of hydrogen-bond acceptors (Lipinski definition) is 15. The molecule has 6 heterocycles. The molecule has 67 heavy (non-hydrogen) atoms. The lowest BCUT2D eigenvalue weighted by atomic mass is 9.83. The van der Waals surface area contributed by atoms with Crippen molar-refractivity contribution >= 4 is 57.5 Å². The molecule has 7 rings (SSSR count). The zero-order valence-corrected chi connectivity index (χ0v) is 44.0. The Morgan fingerprint density at radius 2 is 1.57 bits per heavy atom. The lowest BCUT2D eigenvalue weighted by Gasteiger charge is -2.29. The van der Waals surface area contributed by atoms with Crippen LogP contribution in [0.2, 0.25) is 5.15 Å². The summed E-state index contributed by atoms with van der Waals surface area (Å²) in [6, 6.07) is 0.409. The van der Waals surface area contributed by atoms with Crippen molar-refractivity contribution in [1.29, 1.82) is 5.41 Å². The van der Waals surface area contributed by atoms with E-state index in [0.717, 1.165) is 86.7 Å².